The summed E-state index contributed by atoms with van der Waals surface area (Å²) in [5.41, 5.74) is 0. The van der Waals surface area contributed by atoms with Crippen molar-refractivity contribution in [3.63, 3.8) is 0 Å². The van der Waals surface area contributed by atoms with E-state index in [4.69, 9.17) is 14.2 Å². The number of esters is 3. The fourth-order valence-electron chi connectivity index (χ4n) is 5.34. The van der Waals surface area contributed by atoms with E-state index >= 15 is 0 Å². The molecule has 0 saturated heterocycles. The van der Waals surface area contributed by atoms with Gasteiger partial charge in [-0.2, -0.15) is 0 Å². The molecule has 6 heteroatoms. The van der Waals surface area contributed by atoms with Gasteiger partial charge in [-0.3, -0.25) is 14.4 Å². The average Bonchev–Trinajstić information content (AvgIpc) is 3.18. The first-order valence-corrected chi connectivity index (χ1v) is 21.7. The van der Waals surface area contributed by atoms with Crippen LogP contribution in [0.3, 0.4) is 0 Å². The molecule has 1 atom stereocenters. The van der Waals surface area contributed by atoms with Gasteiger partial charge in [-0.05, 0) is 103 Å². The van der Waals surface area contributed by atoms with Crippen molar-refractivity contribution < 1.29 is 28.6 Å². The van der Waals surface area contributed by atoms with Gasteiger partial charge in [0.25, 0.3) is 0 Å². The van der Waals surface area contributed by atoms with Gasteiger partial charge in [-0.1, -0.05) is 150 Å². The molecule has 0 saturated carbocycles. The SMILES string of the molecule is CC/C=C\C/C=C\C/C=C\CCCCC(=O)OCC(COC(=O)CC/C=C\C/C=C\CCCCCCCC)OC(=O)CCCC/C=C\C/C=C\C/C=C\CC. The van der Waals surface area contributed by atoms with Crippen LogP contribution in [0.2, 0.25) is 0 Å². The quantitative estimate of drug-likeness (QED) is 0.0271. The molecule has 0 aliphatic heterocycles. The van der Waals surface area contributed by atoms with Crippen molar-refractivity contribution in [1.29, 1.82) is 0 Å². The monoisotopic (exact) mass is 763 g/mol. The molecule has 55 heavy (non-hydrogen) atoms. The number of hydrogen-bond acceptors (Lipinski definition) is 6. The van der Waals surface area contributed by atoms with Gasteiger partial charge in [0.05, 0.1) is 0 Å². The highest BCUT2D eigenvalue weighted by atomic mass is 16.6. The molecule has 0 rings (SSSR count). The fraction of sp³-hybridized carbons (Fsp3) is 0.612. The second-order valence-electron chi connectivity index (χ2n) is 13.8. The Morgan fingerprint density at radius 3 is 1.22 bits per heavy atom. The molecule has 0 N–H and O–H groups in total. The minimum atomic E-state index is -0.833. The Balaban J connectivity index is 4.59. The first kappa shape index (κ1) is 51.3. The number of ether oxygens (including phenoxy) is 3. The van der Waals surface area contributed by atoms with Crippen LogP contribution in [0, 0.1) is 0 Å². The van der Waals surface area contributed by atoms with Gasteiger partial charge in [0.2, 0.25) is 0 Å². The summed E-state index contributed by atoms with van der Waals surface area (Å²) in [7, 11) is 0. The largest absolute Gasteiger partial charge is 0.462 e. The molecule has 0 amide bonds. The van der Waals surface area contributed by atoms with Crippen molar-refractivity contribution in [3.05, 3.63) is 97.2 Å². The van der Waals surface area contributed by atoms with Crippen LogP contribution in [0.25, 0.3) is 0 Å². The third-order valence-corrected chi connectivity index (χ3v) is 8.57. The zero-order chi connectivity index (χ0) is 40.1. The van der Waals surface area contributed by atoms with E-state index in [1.54, 1.807) is 0 Å². The molecular weight excluding hydrogens is 685 g/mol. The average molecular weight is 763 g/mol. The molecule has 0 radical (unpaired) electrons. The highest BCUT2D eigenvalue weighted by molar-refractivity contribution is 5.71. The van der Waals surface area contributed by atoms with E-state index in [-0.39, 0.29) is 50.4 Å². The van der Waals surface area contributed by atoms with Crippen LogP contribution < -0.4 is 0 Å². The normalized spacial score (nSPS) is 13.0. The molecule has 0 aromatic carbocycles. The van der Waals surface area contributed by atoms with Crippen molar-refractivity contribution in [1.82, 2.24) is 0 Å². The lowest BCUT2D eigenvalue weighted by Gasteiger charge is -2.18. The minimum absolute atomic E-state index is 0.132. The summed E-state index contributed by atoms with van der Waals surface area (Å²) in [6.07, 6.45) is 55.6. The highest BCUT2D eigenvalue weighted by Crippen LogP contribution is 2.10. The van der Waals surface area contributed by atoms with E-state index in [1.165, 1.54) is 38.5 Å². The topological polar surface area (TPSA) is 78.9 Å². The number of unbranched alkanes of at least 4 members (excludes halogenated alkanes) is 10. The van der Waals surface area contributed by atoms with Gasteiger partial charge in [-0.25, -0.2) is 0 Å². The van der Waals surface area contributed by atoms with Crippen LogP contribution in [-0.4, -0.2) is 37.2 Å². The maximum absolute atomic E-state index is 12.7. The summed E-state index contributed by atoms with van der Waals surface area (Å²) < 4.78 is 16.5. The molecule has 0 bridgehead atoms. The van der Waals surface area contributed by atoms with E-state index in [0.717, 1.165) is 77.0 Å². The summed E-state index contributed by atoms with van der Waals surface area (Å²) in [5.74, 6) is -1.09. The Hall–Kier alpha value is -3.67. The van der Waals surface area contributed by atoms with Crippen LogP contribution in [0.5, 0.6) is 0 Å². The molecule has 0 heterocycles. The van der Waals surface area contributed by atoms with E-state index in [9.17, 15) is 14.4 Å². The maximum Gasteiger partial charge on any atom is 0.306 e. The van der Waals surface area contributed by atoms with Gasteiger partial charge in [0, 0.05) is 19.3 Å². The Bertz CT molecular complexity index is 1150. The lowest BCUT2D eigenvalue weighted by atomic mass is 10.1. The number of hydrogen-bond donors (Lipinski definition) is 0. The predicted octanol–water partition coefficient (Wildman–Crippen LogP) is 13.9. The summed E-state index contributed by atoms with van der Waals surface area (Å²) >= 11 is 0. The lowest BCUT2D eigenvalue weighted by Crippen LogP contribution is -2.30. The molecule has 1 unspecified atom stereocenters. The minimum Gasteiger partial charge on any atom is -0.462 e. The zero-order valence-corrected chi connectivity index (χ0v) is 35.1. The van der Waals surface area contributed by atoms with Gasteiger partial charge in [0.1, 0.15) is 13.2 Å². The van der Waals surface area contributed by atoms with Crippen LogP contribution in [0.1, 0.15) is 175 Å². The van der Waals surface area contributed by atoms with Crippen molar-refractivity contribution in [3.8, 4) is 0 Å². The number of rotatable bonds is 37. The summed E-state index contributed by atoms with van der Waals surface area (Å²) in [4.78, 5) is 37.6. The second-order valence-corrected chi connectivity index (χ2v) is 13.8. The van der Waals surface area contributed by atoms with Crippen molar-refractivity contribution in [2.75, 3.05) is 13.2 Å². The van der Waals surface area contributed by atoms with Gasteiger partial charge in [0.15, 0.2) is 6.10 Å². The number of carbonyl (C=O) groups excluding carboxylic acids is 3. The smallest absolute Gasteiger partial charge is 0.306 e. The molecule has 0 aromatic rings. The van der Waals surface area contributed by atoms with Crippen LogP contribution in [0.15, 0.2) is 97.2 Å². The summed E-state index contributed by atoms with van der Waals surface area (Å²) in [6.45, 7) is 6.23. The Kier molecular flexibility index (Phi) is 40.2. The van der Waals surface area contributed by atoms with Gasteiger partial charge >= 0.3 is 17.9 Å². The highest BCUT2D eigenvalue weighted by Gasteiger charge is 2.19. The molecule has 6 nitrogen and oxygen atoms in total. The van der Waals surface area contributed by atoms with Crippen LogP contribution >= 0.6 is 0 Å². The summed E-state index contributed by atoms with van der Waals surface area (Å²) in [5, 5.41) is 0. The zero-order valence-electron chi connectivity index (χ0n) is 35.1. The Morgan fingerprint density at radius 2 is 0.745 bits per heavy atom. The Morgan fingerprint density at radius 1 is 0.382 bits per heavy atom. The van der Waals surface area contributed by atoms with E-state index in [2.05, 4.69) is 112 Å². The number of carbonyl (C=O) groups is 3. The molecule has 0 aromatic heterocycles. The third-order valence-electron chi connectivity index (χ3n) is 8.57. The first-order chi connectivity index (χ1) is 27.0. The molecule has 0 aliphatic carbocycles. The van der Waals surface area contributed by atoms with Gasteiger partial charge in [-0.15, -0.1) is 0 Å². The first-order valence-electron chi connectivity index (χ1n) is 21.7. The third kappa shape index (κ3) is 41.3. The predicted molar refractivity (Wildman–Crippen MR) is 233 cm³/mol. The molecular formula is C49H78O6. The summed E-state index contributed by atoms with van der Waals surface area (Å²) in [6, 6.07) is 0. The van der Waals surface area contributed by atoms with E-state index in [0.29, 0.717) is 19.3 Å². The maximum atomic E-state index is 12.7. The van der Waals surface area contributed by atoms with Crippen LogP contribution in [0.4, 0.5) is 0 Å². The number of allylic oxidation sites excluding steroid dienone is 16. The van der Waals surface area contributed by atoms with Crippen LogP contribution in [-0.2, 0) is 28.6 Å². The van der Waals surface area contributed by atoms with E-state index < -0.39 is 6.10 Å². The van der Waals surface area contributed by atoms with Gasteiger partial charge < -0.3 is 14.2 Å². The second kappa shape index (κ2) is 43.1. The van der Waals surface area contributed by atoms with Crippen molar-refractivity contribution in [2.45, 2.75) is 181 Å². The molecule has 0 spiro atoms. The lowest BCUT2D eigenvalue weighted by molar-refractivity contribution is -0.166. The van der Waals surface area contributed by atoms with Crippen molar-refractivity contribution in [2.24, 2.45) is 0 Å². The molecule has 0 aliphatic rings. The molecule has 310 valence electrons. The van der Waals surface area contributed by atoms with E-state index in [1.807, 2.05) is 6.08 Å². The fourth-order valence-corrected chi connectivity index (χ4v) is 5.34. The van der Waals surface area contributed by atoms with Crippen molar-refractivity contribution >= 4 is 17.9 Å². The standard InChI is InChI=1S/C49H78O6/c1-4-7-10-13-16-19-22-25-28-30-33-36-39-42-48(51)54-45-46(55-49(52)43-40-37-34-31-27-24-21-18-15-12-9-6-3)44-53-47(50)41-38-35-32-29-26-23-20-17-14-11-8-5-2/h8-9,11-12,17-18,20-21,25-29,31,33,36,46H,4-7,10,13-16,19,22-24,30,32,34-35,37-45H2,1-3H3/b11-8-,12-9-,20-17-,21-18-,28-25-,29-26-,31-27-,36-33-. The molecule has 0 fully saturated rings. The Labute approximate surface area is 337 Å².